The SMILES string of the molecule is CC(=O)OCc1cc(C)ccc1C#N. The molecule has 3 nitrogen and oxygen atoms in total. The van der Waals surface area contributed by atoms with E-state index in [0.29, 0.717) is 5.56 Å². The van der Waals surface area contributed by atoms with Gasteiger partial charge in [0.25, 0.3) is 0 Å². The van der Waals surface area contributed by atoms with E-state index in [1.807, 2.05) is 19.1 Å². The highest BCUT2D eigenvalue weighted by Crippen LogP contribution is 2.11. The molecular weight excluding hydrogens is 178 g/mol. The summed E-state index contributed by atoms with van der Waals surface area (Å²) < 4.78 is 4.84. The van der Waals surface area contributed by atoms with Crippen LogP contribution in [0.25, 0.3) is 0 Å². The molecule has 0 saturated carbocycles. The molecule has 0 unspecified atom stereocenters. The van der Waals surface area contributed by atoms with Gasteiger partial charge in [-0.25, -0.2) is 0 Å². The molecule has 0 radical (unpaired) electrons. The van der Waals surface area contributed by atoms with Crippen molar-refractivity contribution >= 4 is 5.97 Å². The third kappa shape index (κ3) is 2.60. The number of carbonyl (C=O) groups is 1. The fraction of sp³-hybridized carbons (Fsp3) is 0.273. The van der Waals surface area contributed by atoms with Gasteiger partial charge >= 0.3 is 5.97 Å². The first kappa shape index (κ1) is 10.3. The van der Waals surface area contributed by atoms with Crippen LogP contribution >= 0.6 is 0 Å². The molecule has 1 rings (SSSR count). The van der Waals surface area contributed by atoms with E-state index in [1.54, 1.807) is 6.07 Å². The molecule has 0 aliphatic rings. The molecule has 0 aromatic heterocycles. The molecule has 0 aliphatic carbocycles. The van der Waals surface area contributed by atoms with Gasteiger partial charge in [0.1, 0.15) is 6.61 Å². The second kappa shape index (κ2) is 4.43. The summed E-state index contributed by atoms with van der Waals surface area (Å²) in [5, 5.41) is 8.78. The lowest BCUT2D eigenvalue weighted by Crippen LogP contribution is -2.01. The minimum Gasteiger partial charge on any atom is -0.461 e. The van der Waals surface area contributed by atoms with Crippen molar-refractivity contribution in [3.05, 3.63) is 34.9 Å². The molecule has 0 fully saturated rings. The topological polar surface area (TPSA) is 50.1 Å². The first-order valence-electron chi connectivity index (χ1n) is 4.26. The molecule has 14 heavy (non-hydrogen) atoms. The first-order chi connectivity index (χ1) is 6.63. The van der Waals surface area contributed by atoms with Gasteiger partial charge in [0.05, 0.1) is 11.6 Å². The van der Waals surface area contributed by atoms with E-state index in [0.717, 1.165) is 11.1 Å². The number of benzene rings is 1. The maximum atomic E-state index is 10.6. The average molecular weight is 189 g/mol. The van der Waals surface area contributed by atoms with Crippen molar-refractivity contribution in [1.29, 1.82) is 5.26 Å². The quantitative estimate of drug-likeness (QED) is 0.668. The molecule has 0 atom stereocenters. The predicted molar refractivity (Wildman–Crippen MR) is 51.4 cm³/mol. The Bertz CT molecular complexity index is 391. The standard InChI is InChI=1S/C11H11NO2/c1-8-3-4-10(6-12)11(5-8)7-14-9(2)13/h3-5H,7H2,1-2H3. The fourth-order valence-corrected chi connectivity index (χ4v) is 1.13. The average Bonchev–Trinajstić information content (AvgIpc) is 2.15. The zero-order valence-corrected chi connectivity index (χ0v) is 8.20. The maximum absolute atomic E-state index is 10.6. The Kier molecular flexibility index (Phi) is 3.24. The summed E-state index contributed by atoms with van der Waals surface area (Å²) in [6.45, 7) is 3.44. The number of carbonyl (C=O) groups excluding carboxylic acids is 1. The van der Waals surface area contributed by atoms with E-state index in [4.69, 9.17) is 10.00 Å². The first-order valence-corrected chi connectivity index (χ1v) is 4.26. The number of ether oxygens (including phenoxy) is 1. The van der Waals surface area contributed by atoms with Crippen molar-refractivity contribution in [3.63, 3.8) is 0 Å². The highest BCUT2D eigenvalue weighted by Gasteiger charge is 2.03. The number of hydrogen-bond donors (Lipinski definition) is 0. The lowest BCUT2D eigenvalue weighted by molar-refractivity contribution is -0.142. The van der Waals surface area contributed by atoms with E-state index < -0.39 is 0 Å². The molecule has 1 aromatic carbocycles. The largest absolute Gasteiger partial charge is 0.461 e. The van der Waals surface area contributed by atoms with Gasteiger partial charge in [-0.05, 0) is 13.0 Å². The van der Waals surface area contributed by atoms with Gasteiger partial charge in [0.15, 0.2) is 0 Å². The van der Waals surface area contributed by atoms with Crippen LogP contribution in [0, 0.1) is 18.3 Å². The number of esters is 1. The van der Waals surface area contributed by atoms with Crippen molar-refractivity contribution in [2.24, 2.45) is 0 Å². The van der Waals surface area contributed by atoms with Crippen molar-refractivity contribution in [3.8, 4) is 6.07 Å². The Labute approximate surface area is 82.9 Å². The number of rotatable bonds is 2. The maximum Gasteiger partial charge on any atom is 0.302 e. The lowest BCUT2D eigenvalue weighted by Gasteiger charge is -2.05. The van der Waals surface area contributed by atoms with Crippen LogP contribution in [-0.4, -0.2) is 5.97 Å². The second-order valence-corrected chi connectivity index (χ2v) is 3.05. The summed E-state index contributed by atoms with van der Waals surface area (Å²) >= 11 is 0. The lowest BCUT2D eigenvalue weighted by atomic mass is 10.1. The van der Waals surface area contributed by atoms with Crippen molar-refractivity contribution in [2.75, 3.05) is 0 Å². The number of nitriles is 1. The minimum atomic E-state index is -0.338. The van der Waals surface area contributed by atoms with Crippen LogP contribution < -0.4 is 0 Å². The van der Waals surface area contributed by atoms with Crippen LogP contribution in [0.2, 0.25) is 0 Å². The van der Waals surface area contributed by atoms with Crippen LogP contribution in [0.1, 0.15) is 23.6 Å². The Hall–Kier alpha value is -1.82. The number of hydrogen-bond acceptors (Lipinski definition) is 3. The van der Waals surface area contributed by atoms with Gasteiger partial charge in [-0.15, -0.1) is 0 Å². The van der Waals surface area contributed by atoms with E-state index in [-0.39, 0.29) is 12.6 Å². The van der Waals surface area contributed by atoms with Gasteiger partial charge in [0, 0.05) is 12.5 Å². The molecule has 0 saturated heterocycles. The summed E-state index contributed by atoms with van der Waals surface area (Å²) in [6, 6.07) is 7.49. The van der Waals surface area contributed by atoms with Crippen LogP contribution in [-0.2, 0) is 16.1 Å². The smallest absolute Gasteiger partial charge is 0.302 e. The predicted octanol–water partition coefficient (Wildman–Crippen LogP) is 1.93. The van der Waals surface area contributed by atoms with E-state index in [2.05, 4.69) is 6.07 Å². The zero-order valence-electron chi connectivity index (χ0n) is 8.20. The summed E-state index contributed by atoms with van der Waals surface area (Å²) in [4.78, 5) is 10.6. The number of nitrogens with zero attached hydrogens (tertiary/aromatic N) is 1. The monoisotopic (exact) mass is 189 g/mol. The number of aryl methyl sites for hydroxylation is 1. The van der Waals surface area contributed by atoms with Crippen LogP contribution in [0.3, 0.4) is 0 Å². The molecule has 3 heteroatoms. The van der Waals surface area contributed by atoms with Gasteiger partial charge in [0.2, 0.25) is 0 Å². The van der Waals surface area contributed by atoms with Crippen molar-refractivity contribution in [2.45, 2.75) is 20.5 Å². The molecular formula is C11H11NO2. The molecule has 0 amide bonds. The minimum absolute atomic E-state index is 0.167. The third-order valence-corrected chi connectivity index (χ3v) is 1.81. The highest BCUT2D eigenvalue weighted by molar-refractivity contribution is 5.66. The van der Waals surface area contributed by atoms with Gasteiger partial charge in [-0.2, -0.15) is 5.26 Å². The molecule has 72 valence electrons. The summed E-state index contributed by atoms with van der Waals surface area (Å²) in [5.74, 6) is -0.338. The van der Waals surface area contributed by atoms with Gasteiger partial charge in [-0.3, -0.25) is 4.79 Å². The van der Waals surface area contributed by atoms with Crippen molar-refractivity contribution in [1.82, 2.24) is 0 Å². The molecule has 1 aromatic rings. The van der Waals surface area contributed by atoms with Crippen LogP contribution in [0.15, 0.2) is 18.2 Å². The summed E-state index contributed by atoms with van der Waals surface area (Å²) in [6.07, 6.45) is 0. The third-order valence-electron chi connectivity index (χ3n) is 1.81. The summed E-state index contributed by atoms with van der Waals surface area (Å²) in [7, 11) is 0. The highest BCUT2D eigenvalue weighted by atomic mass is 16.5. The second-order valence-electron chi connectivity index (χ2n) is 3.05. The van der Waals surface area contributed by atoms with Crippen molar-refractivity contribution < 1.29 is 9.53 Å². The van der Waals surface area contributed by atoms with E-state index >= 15 is 0 Å². The summed E-state index contributed by atoms with van der Waals surface area (Å²) in [5.41, 5.74) is 2.35. The van der Waals surface area contributed by atoms with Crippen LogP contribution in [0.5, 0.6) is 0 Å². The van der Waals surface area contributed by atoms with E-state index in [1.165, 1.54) is 6.92 Å². The fourth-order valence-electron chi connectivity index (χ4n) is 1.13. The molecule has 0 bridgehead atoms. The Morgan fingerprint density at radius 3 is 2.86 bits per heavy atom. The van der Waals surface area contributed by atoms with Gasteiger partial charge < -0.3 is 4.74 Å². The Balaban J connectivity index is 2.89. The zero-order chi connectivity index (χ0) is 10.6. The molecule has 0 aliphatic heterocycles. The Morgan fingerprint density at radius 1 is 1.57 bits per heavy atom. The normalized spacial score (nSPS) is 9.21. The van der Waals surface area contributed by atoms with E-state index in [9.17, 15) is 4.79 Å². The van der Waals surface area contributed by atoms with Gasteiger partial charge in [-0.1, -0.05) is 17.7 Å². The molecule has 0 N–H and O–H groups in total. The molecule has 0 spiro atoms. The van der Waals surface area contributed by atoms with Crippen LogP contribution in [0.4, 0.5) is 0 Å². The Morgan fingerprint density at radius 2 is 2.29 bits per heavy atom. The molecule has 0 heterocycles.